The van der Waals surface area contributed by atoms with Crippen LogP contribution in [0, 0.1) is 18.3 Å². The molecule has 0 saturated heterocycles. The van der Waals surface area contributed by atoms with Crippen LogP contribution in [-0.4, -0.2) is 28.7 Å². The van der Waals surface area contributed by atoms with Gasteiger partial charge >= 0.3 is 5.97 Å². The van der Waals surface area contributed by atoms with Gasteiger partial charge in [-0.05, 0) is 56.5 Å². The molecule has 7 nitrogen and oxygen atoms in total. The van der Waals surface area contributed by atoms with Gasteiger partial charge in [0.25, 0.3) is 0 Å². The van der Waals surface area contributed by atoms with E-state index in [1.165, 1.54) is 0 Å². The zero-order chi connectivity index (χ0) is 22.7. The summed E-state index contributed by atoms with van der Waals surface area (Å²) in [7, 11) is 0. The largest absolute Gasteiger partial charge is 0.489 e. The SMILES string of the molecule is CCOC(=O)[C@@]1(Cc2ccc(OCc3cc(C)nc4ccccc34)cc2)C[C@@H]1C(=O)NO. The van der Waals surface area contributed by atoms with Crippen molar-refractivity contribution in [3.63, 3.8) is 0 Å². The first-order valence-corrected chi connectivity index (χ1v) is 10.6. The number of nitrogens with one attached hydrogen (secondary N) is 1. The molecule has 4 rings (SSSR count). The molecule has 2 aromatic carbocycles. The average molecular weight is 434 g/mol. The van der Waals surface area contributed by atoms with Crippen molar-refractivity contribution in [3.8, 4) is 5.75 Å². The summed E-state index contributed by atoms with van der Waals surface area (Å²) in [4.78, 5) is 29.0. The van der Waals surface area contributed by atoms with E-state index in [-0.39, 0.29) is 6.61 Å². The normalized spacial score (nSPS) is 19.4. The quantitative estimate of drug-likeness (QED) is 0.318. The van der Waals surface area contributed by atoms with Gasteiger partial charge in [0.2, 0.25) is 5.91 Å². The number of esters is 1. The molecule has 0 bridgehead atoms. The molecule has 0 aliphatic heterocycles. The Hall–Kier alpha value is -3.45. The van der Waals surface area contributed by atoms with E-state index in [1.54, 1.807) is 12.4 Å². The van der Waals surface area contributed by atoms with Crippen LogP contribution in [0.1, 0.15) is 30.2 Å². The molecule has 7 heteroatoms. The van der Waals surface area contributed by atoms with Gasteiger partial charge < -0.3 is 9.47 Å². The zero-order valence-corrected chi connectivity index (χ0v) is 18.1. The number of nitrogens with zero attached hydrogens (tertiary/aromatic N) is 1. The predicted molar refractivity (Wildman–Crippen MR) is 118 cm³/mol. The van der Waals surface area contributed by atoms with Crippen LogP contribution < -0.4 is 10.2 Å². The number of amides is 1. The van der Waals surface area contributed by atoms with Crippen LogP contribution in [0.3, 0.4) is 0 Å². The van der Waals surface area contributed by atoms with Crippen molar-refractivity contribution in [3.05, 3.63) is 71.4 Å². The number of benzene rings is 2. The highest BCUT2D eigenvalue weighted by atomic mass is 16.5. The van der Waals surface area contributed by atoms with Crippen molar-refractivity contribution in [2.24, 2.45) is 11.3 Å². The maximum Gasteiger partial charge on any atom is 0.313 e. The van der Waals surface area contributed by atoms with Crippen LogP contribution in [0.4, 0.5) is 0 Å². The topological polar surface area (TPSA) is 97.8 Å². The van der Waals surface area contributed by atoms with Crippen molar-refractivity contribution >= 4 is 22.8 Å². The van der Waals surface area contributed by atoms with Gasteiger partial charge in [-0.3, -0.25) is 19.8 Å². The Morgan fingerprint density at radius 3 is 2.66 bits per heavy atom. The summed E-state index contributed by atoms with van der Waals surface area (Å²) in [5.41, 5.74) is 4.56. The number of rotatable bonds is 8. The molecule has 1 aliphatic rings. The summed E-state index contributed by atoms with van der Waals surface area (Å²) in [5.74, 6) is -0.852. The fourth-order valence-corrected chi connectivity index (χ4v) is 4.24. The van der Waals surface area contributed by atoms with Gasteiger partial charge in [0.15, 0.2) is 0 Å². The number of hydroxylamine groups is 1. The molecule has 0 unspecified atom stereocenters. The Labute approximate surface area is 186 Å². The maximum absolute atomic E-state index is 12.5. The van der Waals surface area contributed by atoms with Gasteiger partial charge in [-0.15, -0.1) is 0 Å². The third-order valence-corrected chi connectivity index (χ3v) is 5.95. The highest BCUT2D eigenvalue weighted by molar-refractivity contribution is 5.93. The molecule has 32 heavy (non-hydrogen) atoms. The van der Waals surface area contributed by atoms with E-state index < -0.39 is 23.2 Å². The van der Waals surface area contributed by atoms with Crippen molar-refractivity contribution < 1.29 is 24.3 Å². The number of para-hydroxylation sites is 1. The highest BCUT2D eigenvalue weighted by Crippen LogP contribution is 2.56. The summed E-state index contributed by atoms with van der Waals surface area (Å²) < 4.78 is 11.2. The number of fused-ring (bicyclic) bond motifs is 1. The number of ether oxygens (including phenoxy) is 2. The molecule has 166 valence electrons. The Bertz CT molecular complexity index is 1140. The number of hydrogen-bond acceptors (Lipinski definition) is 6. The number of hydrogen-bond donors (Lipinski definition) is 2. The molecule has 1 heterocycles. The Morgan fingerprint density at radius 1 is 1.19 bits per heavy atom. The first-order valence-electron chi connectivity index (χ1n) is 10.6. The average Bonchev–Trinajstić information content (AvgIpc) is 3.53. The summed E-state index contributed by atoms with van der Waals surface area (Å²) >= 11 is 0. The second-order valence-electron chi connectivity index (χ2n) is 8.16. The summed E-state index contributed by atoms with van der Waals surface area (Å²) in [6.45, 7) is 4.35. The third-order valence-electron chi connectivity index (χ3n) is 5.95. The van der Waals surface area contributed by atoms with Gasteiger partial charge in [-0.1, -0.05) is 30.3 Å². The van der Waals surface area contributed by atoms with Gasteiger partial charge in [-0.2, -0.15) is 0 Å². The number of carbonyl (C=O) groups excluding carboxylic acids is 2. The third kappa shape index (κ3) is 4.29. The molecule has 2 N–H and O–H groups in total. The lowest BCUT2D eigenvalue weighted by Gasteiger charge is -2.16. The molecular formula is C25H26N2O5. The van der Waals surface area contributed by atoms with E-state index in [2.05, 4.69) is 4.98 Å². The van der Waals surface area contributed by atoms with E-state index >= 15 is 0 Å². The minimum atomic E-state index is -0.932. The second-order valence-corrected chi connectivity index (χ2v) is 8.16. The monoisotopic (exact) mass is 434 g/mol. The van der Waals surface area contributed by atoms with Crippen LogP contribution in [0.5, 0.6) is 5.75 Å². The smallest absolute Gasteiger partial charge is 0.313 e. The predicted octanol–water partition coefficient (Wildman–Crippen LogP) is 3.74. The molecule has 3 aromatic rings. The van der Waals surface area contributed by atoms with Crippen LogP contribution in [0.25, 0.3) is 10.9 Å². The Kier molecular flexibility index (Phi) is 6.10. The van der Waals surface area contributed by atoms with Crippen LogP contribution in [0.2, 0.25) is 0 Å². The number of carbonyl (C=O) groups is 2. The fraction of sp³-hybridized carbons (Fsp3) is 0.320. The lowest BCUT2D eigenvalue weighted by molar-refractivity contribution is -0.152. The molecule has 2 atom stereocenters. The van der Waals surface area contributed by atoms with Gasteiger partial charge in [0.05, 0.1) is 23.5 Å². The van der Waals surface area contributed by atoms with Crippen molar-refractivity contribution in [2.75, 3.05) is 6.61 Å². The van der Waals surface area contributed by atoms with Crippen molar-refractivity contribution in [1.29, 1.82) is 0 Å². The summed E-state index contributed by atoms with van der Waals surface area (Å²) in [5, 5.41) is 10.0. The summed E-state index contributed by atoms with van der Waals surface area (Å²) in [6.07, 6.45) is 0.712. The molecule has 1 fully saturated rings. The molecular weight excluding hydrogens is 408 g/mol. The minimum Gasteiger partial charge on any atom is -0.489 e. The van der Waals surface area contributed by atoms with E-state index in [9.17, 15) is 9.59 Å². The number of aryl methyl sites for hydroxylation is 1. The molecule has 0 spiro atoms. The Balaban J connectivity index is 1.46. The molecule has 1 aliphatic carbocycles. The van der Waals surface area contributed by atoms with E-state index in [4.69, 9.17) is 14.7 Å². The van der Waals surface area contributed by atoms with Gasteiger partial charge in [0.1, 0.15) is 12.4 Å². The van der Waals surface area contributed by atoms with Crippen molar-refractivity contribution in [1.82, 2.24) is 10.5 Å². The zero-order valence-electron chi connectivity index (χ0n) is 18.1. The van der Waals surface area contributed by atoms with Crippen molar-refractivity contribution in [2.45, 2.75) is 33.3 Å². The first kappa shape index (κ1) is 21.8. The lowest BCUT2D eigenvalue weighted by Crippen LogP contribution is -2.30. The lowest BCUT2D eigenvalue weighted by atomic mass is 9.93. The van der Waals surface area contributed by atoms with Gasteiger partial charge in [0, 0.05) is 16.6 Å². The minimum absolute atomic E-state index is 0.240. The molecule has 1 saturated carbocycles. The highest BCUT2D eigenvalue weighted by Gasteiger charge is 2.64. The first-order chi connectivity index (χ1) is 15.5. The van der Waals surface area contributed by atoms with Gasteiger partial charge in [-0.25, -0.2) is 5.48 Å². The van der Waals surface area contributed by atoms with Crippen LogP contribution in [-0.2, 0) is 27.4 Å². The fourth-order valence-electron chi connectivity index (χ4n) is 4.24. The molecule has 1 amide bonds. The second kappa shape index (κ2) is 8.96. The Morgan fingerprint density at radius 2 is 1.94 bits per heavy atom. The van der Waals surface area contributed by atoms with E-state index in [0.717, 1.165) is 27.7 Å². The molecule has 1 aromatic heterocycles. The van der Waals surface area contributed by atoms with E-state index in [0.29, 0.717) is 25.2 Å². The standard InChI is InChI=1S/C25H26N2O5/c1-3-31-24(29)25(14-21(25)23(28)27-30)13-17-8-10-19(11-9-17)32-15-18-12-16(2)26-22-7-5-4-6-20(18)22/h4-12,21,30H,3,13-15H2,1-2H3,(H,27,28)/t21-,25+/m1/s1. The van der Waals surface area contributed by atoms with Crippen LogP contribution in [0.15, 0.2) is 54.6 Å². The summed E-state index contributed by atoms with van der Waals surface area (Å²) in [6, 6.07) is 17.5. The van der Waals surface area contributed by atoms with Crippen LogP contribution >= 0.6 is 0 Å². The van der Waals surface area contributed by atoms with E-state index in [1.807, 2.05) is 61.5 Å². The maximum atomic E-state index is 12.5. The molecule has 0 radical (unpaired) electrons. The number of aromatic nitrogens is 1. The number of pyridine rings is 1.